The van der Waals surface area contributed by atoms with Gasteiger partial charge < -0.3 is 14.7 Å². The predicted molar refractivity (Wildman–Crippen MR) is 57.0 cm³/mol. The van der Waals surface area contributed by atoms with Gasteiger partial charge in [0, 0.05) is 19.1 Å². The topological polar surface area (TPSA) is 58.4 Å². The number of aryl methyl sites for hydroxylation is 1. The molecule has 1 aromatic heterocycles. The number of hydrogen-bond acceptors (Lipinski definition) is 4. The highest BCUT2D eigenvalue weighted by Crippen LogP contribution is 2.26. The van der Waals surface area contributed by atoms with Crippen LogP contribution in [0.4, 0.5) is 0 Å². The Labute approximate surface area is 93.8 Å². The van der Waals surface area contributed by atoms with Gasteiger partial charge in [0.25, 0.3) is 5.91 Å². The molecule has 2 atom stereocenters. The van der Waals surface area contributed by atoms with Crippen molar-refractivity contribution in [2.24, 2.45) is 5.92 Å². The first-order chi connectivity index (χ1) is 7.75. The highest BCUT2D eigenvalue weighted by atomic mass is 16.5. The SMILES string of the molecule is Cc1oncc1C(=O)N1C[C@H]2CCN[C@H]2C1. The average molecular weight is 221 g/mol. The molecule has 2 aliphatic rings. The lowest BCUT2D eigenvalue weighted by molar-refractivity contribution is 0.0781. The van der Waals surface area contributed by atoms with Gasteiger partial charge in [-0.1, -0.05) is 5.16 Å². The number of nitrogens with one attached hydrogen (secondary N) is 1. The molecule has 86 valence electrons. The van der Waals surface area contributed by atoms with Crippen LogP contribution < -0.4 is 5.32 Å². The molecule has 1 aromatic rings. The lowest BCUT2D eigenvalue weighted by atomic mass is 10.1. The van der Waals surface area contributed by atoms with Gasteiger partial charge in [-0.2, -0.15) is 0 Å². The molecule has 2 saturated heterocycles. The van der Waals surface area contributed by atoms with Crippen molar-refractivity contribution in [2.75, 3.05) is 19.6 Å². The summed E-state index contributed by atoms with van der Waals surface area (Å²) in [7, 11) is 0. The van der Waals surface area contributed by atoms with Crippen molar-refractivity contribution in [1.82, 2.24) is 15.4 Å². The molecule has 5 heteroatoms. The number of carbonyl (C=O) groups is 1. The minimum atomic E-state index is 0.0509. The summed E-state index contributed by atoms with van der Waals surface area (Å²) < 4.78 is 4.93. The zero-order chi connectivity index (χ0) is 11.1. The Bertz CT molecular complexity index is 403. The number of carbonyl (C=O) groups excluding carboxylic acids is 1. The van der Waals surface area contributed by atoms with E-state index in [1.807, 2.05) is 4.90 Å². The van der Waals surface area contributed by atoms with Crippen LogP contribution >= 0.6 is 0 Å². The highest BCUT2D eigenvalue weighted by Gasteiger charge is 2.38. The molecule has 2 fully saturated rings. The molecule has 3 heterocycles. The Hall–Kier alpha value is -1.36. The van der Waals surface area contributed by atoms with Crippen molar-refractivity contribution in [3.05, 3.63) is 17.5 Å². The number of aromatic nitrogens is 1. The van der Waals surface area contributed by atoms with Gasteiger partial charge in [-0.05, 0) is 25.8 Å². The van der Waals surface area contributed by atoms with E-state index in [0.717, 1.165) is 19.6 Å². The van der Waals surface area contributed by atoms with Crippen molar-refractivity contribution in [3.8, 4) is 0 Å². The molecular weight excluding hydrogens is 206 g/mol. The number of fused-ring (bicyclic) bond motifs is 1. The van der Waals surface area contributed by atoms with Crippen molar-refractivity contribution >= 4 is 5.91 Å². The molecule has 1 amide bonds. The van der Waals surface area contributed by atoms with Gasteiger partial charge in [0.1, 0.15) is 11.3 Å². The fraction of sp³-hybridized carbons (Fsp3) is 0.636. The monoisotopic (exact) mass is 221 g/mol. The third-order valence-corrected chi connectivity index (χ3v) is 3.63. The molecule has 0 spiro atoms. The second kappa shape index (κ2) is 3.59. The van der Waals surface area contributed by atoms with Crippen LogP contribution in [0.15, 0.2) is 10.7 Å². The zero-order valence-corrected chi connectivity index (χ0v) is 9.27. The lowest BCUT2D eigenvalue weighted by Gasteiger charge is -2.16. The number of nitrogens with zero attached hydrogens (tertiary/aromatic N) is 2. The van der Waals surface area contributed by atoms with Crippen molar-refractivity contribution in [3.63, 3.8) is 0 Å². The molecule has 0 aliphatic carbocycles. The van der Waals surface area contributed by atoms with E-state index in [0.29, 0.717) is 23.3 Å². The van der Waals surface area contributed by atoms with E-state index in [-0.39, 0.29) is 5.91 Å². The standard InChI is InChI=1S/C11H15N3O2/c1-7-9(4-13-16-7)11(15)14-5-8-2-3-12-10(8)6-14/h4,8,10,12H,2-3,5-6H2,1H3/t8-,10+/m1/s1. The van der Waals surface area contributed by atoms with Crippen LogP contribution in [-0.4, -0.2) is 41.6 Å². The maximum Gasteiger partial charge on any atom is 0.259 e. The van der Waals surface area contributed by atoms with E-state index in [4.69, 9.17) is 4.52 Å². The van der Waals surface area contributed by atoms with Crippen molar-refractivity contribution in [2.45, 2.75) is 19.4 Å². The summed E-state index contributed by atoms with van der Waals surface area (Å²) in [5.74, 6) is 1.29. The summed E-state index contributed by atoms with van der Waals surface area (Å²) in [4.78, 5) is 14.1. The second-order valence-electron chi connectivity index (χ2n) is 4.62. The van der Waals surface area contributed by atoms with Crippen LogP contribution in [0.1, 0.15) is 22.5 Å². The van der Waals surface area contributed by atoms with Crippen molar-refractivity contribution < 1.29 is 9.32 Å². The first-order valence-electron chi connectivity index (χ1n) is 5.69. The largest absolute Gasteiger partial charge is 0.361 e. The average Bonchev–Trinajstić information content (AvgIpc) is 2.89. The van der Waals surface area contributed by atoms with Gasteiger partial charge in [0.15, 0.2) is 0 Å². The van der Waals surface area contributed by atoms with E-state index in [2.05, 4.69) is 10.5 Å². The summed E-state index contributed by atoms with van der Waals surface area (Å²) in [6, 6.07) is 0.490. The molecule has 0 aromatic carbocycles. The van der Waals surface area contributed by atoms with Gasteiger partial charge in [0.05, 0.1) is 6.20 Å². The Morgan fingerprint density at radius 2 is 2.50 bits per heavy atom. The highest BCUT2D eigenvalue weighted by molar-refractivity contribution is 5.95. The number of likely N-dealkylation sites (tertiary alicyclic amines) is 1. The molecule has 1 N–H and O–H groups in total. The summed E-state index contributed by atoms with van der Waals surface area (Å²) in [5, 5.41) is 7.08. The molecule has 16 heavy (non-hydrogen) atoms. The van der Waals surface area contributed by atoms with E-state index < -0.39 is 0 Å². The van der Waals surface area contributed by atoms with Gasteiger partial charge in [-0.25, -0.2) is 0 Å². The number of amides is 1. The Morgan fingerprint density at radius 3 is 3.19 bits per heavy atom. The van der Waals surface area contributed by atoms with Gasteiger partial charge in [0.2, 0.25) is 0 Å². The minimum absolute atomic E-state index is 0.0509. The van der Waals surface area contributed by atoms with Crippen LogP contribution in [0.2, 0.25) is 0 Å². The Balaban J connectivity index is 1.75. The first-order valence-corrected chi connectivity index (χ1v) is 5.69. The van der Waals surface area contributed by atoms with Crippen LogP contribution in [0, 0.1) is 12.8 Å². The third kappa shape index (κ3) is 1.43. The maximum absolute atomic E-state index is 12.2. The fourth-order valence-corrected chi connectivity index (χ4v) is 2.69. The quantitative estimate of drug-likeness (QED) is 0.746. The molecule has 3 rings (SSSR count). The smallest absolute Gasteiger partial charge is 0.259 e. The summed E-state index contributed by atoms with van der Waals surface area (Å²) in [6.07, 6.45) is 2.69. The third-order valence-electron chi connectivity index (χ3n) is 3.63. The summed E-state index contributed by atoms with van der Waals surface area (Å²) >= 11 is 0. The summed E-state index contributed by atoms with van der Waals surface area (Å²) in [5.41, 5.74) is 0.597. The number of rotatable bonds is 1. The zero-order valence-electron chi connectivity index (χ0n) is 9.27. The fourth-order valence-electron chi connectivity index (χ4n) is 2.69. The summed E-state index contributed by atoms with van der Waals surface area (Å²) in [6.45, 7) is 4.54. The first kappa shape index (κ1) is 9.84. The number of hydrogen-bond donors (Lipinski definition) is 1. The second-order valence-corrected chi connectivity index (χ2v) is 4.62. The lowest BCUT2D eigenvalue weighted by Crippen LogP contribution is -2.34. The molecule has 5 nitrogen and oxygen atoms in total. The van der Waals surface area contributed by atoms with E-state index >= 15 is 0 Å². The van der Waals surface area contributed by atoms with Gasteiger partial charge >= 0.3 is 0 Å². The molecule has 0 saturated carbocycles. The van der Waals surface area contributed by atoms with Gasteiger partial charge in [-0.15, -0.1) is 0 Å². The maximum atomic E-state index is 12.2. The molecule has 0 bridgehead atoms. The normalized spacial score (nSPS) is 28.4. The van der Waals surface area contributed by atoms with E-state index in [1.165, 1.54) is 12.6 Å². The minimum Gasteiger partial charge on any atom is -0.361 e. The molecule has 0 unspecified atom stereocenters. The van der Waals surface area contributed by atoms with E-state index in [9.17, 15) is 4.79 Å². The van der Waals surface area contributed by atoms with E-state index in [1.54, 1.807) is 6.92 Å². The van der Waals surface area contributed by atoms with Crippen LogP contribution in [0.5, 0.6) is 0 Å². The molecular formula is C11H15N3O2. The van der Waals surface area contributed by atoms with Crippen LogP contribution in [0.3, 0.4) is 0 Å². The van der Waals surface area contributed by atoms with Crippen LogP contribution in [-0.2, 0) is 0 Å². The molecule has 0 radical (unpaired) electrons. The predicted octanol–water partition coefficient (Wildman–Crippen LogP) is 0.417. The Kier molecular flexibility index (Phi) is 2.21. The Morgan fingerprint density at radius 1 is 1.62 bits per heavy atom. The van der Waals surface area contributed by atoms with Crippen molar-refractivity contribution in [1.29, 1.82) is 0 Å². The molecule has 2 aliphatic heterocycles. The van der Waals surface area contributed by atoms with Crippen LogP contribution in [0.25, 0.3) is 0 Å². The van der Waals surface area contributed by atoms with Gasteiger partial charge in [-0.3, -0.25) is 4.79 Å².